The van der Waals surface area contributed by atoms with Crippen LogP contribution < -0.4 is 0 Å². The minimum absolute atomic E-state index is 0.203. The average molecular weight is 337 g/mol. The van der Waals surface area contributed by atoms with Crippen molar-refractivity contribution in [3.05, 3.63) is 40.5 Å². The van der Waals surface area contributed by atoms with Gasteiger partial charge < -0.3 is 4.57 Å². The van der Waals surface area contributed by atoms with E-state index < -0.39 is 5.54 Å². The molecule has 5 heteroatoms. The molecular formula is C15H14BrFN2O. The Morgan fingerprint density at radius 2 is 1.90 bits per heavy atom. The molecule has 1 aromatic carbocycles. The normalized spacial score (nSPS) is 17.1. The monoisotopic (exact) mass is 336 g/mol. The number of carbonyl (C=O) groups is 1. The second-order valence-electron chi connectivity index (χ2n) is 5.49. The van der Waals surface area contributed by atoms with Gasteiger partial charge in [0.1, 0.15) is 21.9 Å². The van der Waals surface area contributed by atoms with Crippen molar-refractivity contribution in [1.29, 1.82) is 0 Å². The highest BCUT2D eigenvalue weighted by Crippen LogP contribution is 2.37. The summed E-state index contributed by atoms with van der Waals surface area (Å²) in [6, 6.07) is 6.22. The van der Waals surface area contributed by atoms with Crippen LogP contribution in [0.2, 0.25) is 0 Å². The molecule has 0 atom stereocenters. The molecule has 3 nitrogen and oxygen atoms in total. The van der Waals surface area contributed by atoms with Crippen molar-refractivity contribution in [2.75, 3.05) is 0 Å². The number of carbonyl (C=O) groups excluding carboxylic acids is 1. The van der Waals surface area contributed by atoms with Gasteiger partial charge in [-0.1, -0.05) is 0 Å². The third-order valence-corrected chi connectivity index (χ3v) is 4.56. The highest BCUT2D eigenvalue weighted by atomic mass is 79.9. The lowest BCUT2D eigenvalue weighted by Crippen LogP contribution is -2.41. The second kappa shape index (κ2) is 4.52. The minimum Gasteiger partial charge on any atom is -0.309 e. The molecule has 0 aliphatic carbocycles. The molecule has 0 N–H and O–H groups in total. The first-order valence-electron chi connectivity index (χ1n) is 6.48. The molecule has 0 radical (unpaired) electrons. The van der Waals surface area contributed by atoms with Crippen LogP contribution in [-0.4, -0.2) is 15.3 Å². The lowest BCUT2D eigenvalue weighted by atomic mass is 9.91. The molecule has 3 rings (SSSR count). The number of benzene rings is 1. The van der Waals surface area contributed by atoms with Crippen molar-refractivity contribution in [2.45, 2.75) is 32.2 Å². The van der Waals surface area contributed by atoms with E-state index in [9.17, 15) is 9.18 Å². The van der Waals surface area contributed by atoms with Gasteiger partial charge >= 0.3 is 0 Å². The van der Waals surface area contributed by atoms with Gasteiger partial charge in [0.2, 0.25) is 0 Å². The summed E-state index contributed by atoms with van der Waals surface area (Å²) in [4.78, 5) is 16.7. The molecule has 2 aromatic rings. The van der Waals surface area contributed by atoms with Crippen LogP contribution in [0.4, 0.5) is 4.39 Å². The first kappa shape index (κ1) is 13.5. The molecule has 1 aliphatic heterocycles. The Morgan fingerprint density at radius 1 is 1.25 bits per heavy atom. The van der Waals surface area contributed by atoms with Gasteiger partial charge in [0.15, 0.2) is 5.78 Å². The number of halogens is 2. The smallest absolute Gasteiger partial charge is 0.158 e. The van der Waals surface area contributed by atoms with E-state index in [-0.39, 0.29) is 11.6 Å². The summed E-state index contributed by atoms with van der Waals surface area (Å²) in [6.45, 7) is 3.80. The number of aryl methyl sites for hydroxylation is 1. The first-order chi connectivity index (χ1) is 9.41. The topological polar surface area (TPSA) is 34.9 Å². The largest absolute Gasteiger partial charge is 0.309 e. The van der Waals surface area contributed by atoms with Crippen molar-refractivity contribution in [2.24, 2.45) is 0 Å². The Bertz CT molecular complexity index is 689. The SMILES string of the molecule is CC1(C)C(=O)CCc2nc(-c3ccc(F)cc3)c(Br)n21. The summed E-state index contributed by atoms with van der Waals surface area (Å²) < 4.78 is 15.7. The standard InChI is InChI=1S/C15H14BrFN2O/c1-15(2)11(20)7-8-12-18-13(14(16)19(12)15)9-3-5-10(17)6-4-9/h3-6H,7-8H2,1-2H3. The molecule has 0 amide bonds. The minimum atomic E-state index is -0.600. The van der Waals surface area contributed by atoms with Crippen molar-refractivity contribution in [3.8, 4) is 11.3 Å². The lowest BCUT2D eigenvalue weighted by molar-refractivity contribution is -0.127. The van der Waals surface area contributed by atoms with Crippen LogP contribution in [-0.2, 0) is 16.8 Å². The van der Waals surface area contributed by atoms with E-state index in [1.807, 2.05) is 18.4 Å². The number of imidazole rings is 1. The number of Topliss-reactive ketones (excluding diaryl/α,β-unsaturated/α-hetero) is 1. The van der Waals surface area contributed by atoms with Gasteiger partial charge in [0, 0.05) is 18.4 Å². The molecule has 0 saturated carbocycles. The maximum absolute atomic E-state index is 13.0. The highest BCUT2D eigenvalue weighted by molar-refractivity contribution is 9.10. The molecule has 104 valence electrons. The molecule has 0 saturated heterocycles. The molecule has 0 bridgehead atoms. The summed E-state index contributed by atoms with van der Waals surface area (Å²) in [5.74, 6) is 0.818. The van der Waals surface area contributed by atoms with Gasteiger partial charge in [-0.05, 0) is 54.0 Å². The van der Waals surface area contributed by atoms with Gasteiger partial charge in [-0.2, -0.15) is 0 Å². The predicted molar refractivity (Wildman–Crippen MR) is 78.0 cm³/mol. The molecular weight excluding hydrogens is 323 g/mol. The van der Waals surface area contributed by atoms with Crippen LogP contribution in [0.25, 0.3) is 11.3 Å². The van der Waals surface area contributed by atoms with E-state index in [0.29, 0.717) is 12.8 Å². The Kier molecular flexibility index (Phi) is 3.05. The average Bonchev–Trinajstić information content (AvgIpc) is 2.74. The van der Waals surface area contributed by atoms with E-state index >= 15 is 0 Å². The Hall–Kier alpha value is -1.49. The number of rotatable bonds is 1. The fourth-order valence-corrected chi connectivity index (χ4v) is 3.59. The zero-order valence-electron chi connectivity index (χ0n) is 11.3. The molecule has 1 aliphatic rings. The van der Waals surface area contributed by atoms with E-state index in [1.54, 1.807) is 12.1 Å². The summed E-state index contributed by atoms with van der Waals surface area (Å²) in [5, 5.41) is 0. The summed E-state index contributed by atoms with van der Waals surface area (Å²) in [5.41, 5.74) is 0.990. The van der Waals surface area contributed by atoms with E-state index in [4.69, 9.17) is 0 Å². The summed E-state index contributed by atoms with van der Waals surface area (Å²) >= 11 is 3.55. The lowest BCUT2D eigenvalue weighted by Gasteiger charge is -2.31. The first-order valence-corrected chi connectivity index (χ1v) is 7.27. The molecule has 0 fully saturated rings. The van der Waals surface area contributed by atoms with Crippen molar-refractivity contribution < 1.29 is 9.18 Å². The Balaban J connectivity index is 2.17. The van der Waals surface area contributed by atoms with Crippen LogP contribution in [0.3, 0.4) is 0 Å². The van der Waals surface area contributed by atoms with Crippen molar-refractivity contribution >= 4 is 21.7 Å². The molecule has 20 heavy (non-hydrogen) atoms. The van der Waals surface area contributed by atoms with Crippen molar-refractivity contribution in [3.63, 3.8) is 0 Å². The number of fused-ring (bicyclic) bond motifs is 1. The molecule has 1 aromatic heterocycles. The van der Waals surface area contributed by atoms with Gasteiger partial charge in [-0.15, -0.1) is 0 Å². The number of nitrogens with zero attached hydrogens (tertiary/aromatic N) is 2. The van der Waals surface area contributed by atoms with Crippen molar-refractivity contribution in [1.82, 2.24) is 9.55 Å². The number of hydrogen-bond acceptors (Lipinski definition) is 2. The molecule has 2 heterocycles. The van der Waals surface area contributed by atoms with Crippen LogP contribution in [0.1, 0.15) is 26.1 Å². The molecule has 0 spiro atoms. The van der Waals surface area contributed by atoms with Gasteiger partial charge in [0.05, 0.1) is 5.54 Å². The quantitative estimate of drug-likeness (QED) is 0.795. The zero-order valence-corrected chi connectivity index (χ0v) is 12.9. The fraction of sp³-hybridized carbons (Fsp3) is 0.333. The zero-order chi connectivity index (χ0) is 14.5. The summed E-state index contributed by atoms with van der Waals surface area (Å²) in [6.07, 6.45) is 1.15. The van der Waals surface area contributed by atoms with E-state index in [1.165, 1.54) is 12.1 Å². The van der Waals surface area contributed by atoms with E-state index in [0.717, 1.165) is 21.7 Å². The fourth-order valence-electron chi connectivity index (χ4n) is 2.63. The number of hydrogen-bond donors (Lipinski definition) is 0. The Morgan fingerprint density at radius 3 is 2.55 bits per heavy atom. The predicted octanol–water partition coefficient (Wildman–Crippen LogP) is 3.70. The van der Waals surface area contributed by atoms with Crippen LogP contribution >= 0.6 is 15.9 Å². The van der Waals surface area contributed by atoms with Crippen LogP contribution in [0.15, 0.2) is 28.9 Å². The maximum atomic E-state index is 13.0. The van der Waals surface area contributed by atoms with E-state index in [2.05, 4.69) is 20.9 Å². The highest BCUT2D eigenvalue weighted by Gasteiger charge is 2.38. The van der Waals surface area contributed by atoms with Gasteiger partial charge in [-0.3, -0.25) is 4.79 Å². The molecule has 0 unspecified atom stereocenters. The summed E-state index contributed by atoms with van der Waals surface area (Å²) in [7, 11) is 0. The van der Waals surface area contributed by atoms with Crippen LogP contribution in [0, 0.1) is 5.82 Å². The number of ketones is 1. The van der Waals surface area contributed by atoms with Gasteiger partial charge in [0.25, 0.3) is 0 Å². The Labute approximate surface area is 125 Å². The van der Waals surface area contributed by atoms with Crippen LogP contribution in [0.5, 0.6) is 0 Å². The third kappa shape index (κ3) is 1.92. The third-order valence-electron chi connectivity index (χ3n) is 3.83. The van der Waals surface area contributed by atoms with Gasteiger partial charge in [-0.25, -0.2) is 9.37 Å². The second-order valence-corrected chi connectivity index (χ2v) is 6.24. The maximum Gasteiger partial charge on any atom is 0.158 e. The number of aromatic nitrogens is 2.